The largest absolute Gasteiger partial charge is 0.481 e. The molecule has 2 heterocycles. The minimum Gasteiger partial charge on any atom is -0.481 e. The van der Waals surface area contributed by atoms with Crippen LogP contribution >= 0.6 is 0 Å². The number of carboxylic acids is 1. The van der Waals surface area contributed by atoms with Crippen molar-refractivity contribution in [3.8, 4) is 5.69 Å². The van der Waals surface area contributed by atoms with Crippen molar-refractivity contribution in [3.63, 3.8) is 0 Å². The van der Waals surface area contributed by atoms with Gasteiger partial charge >= 0.3 is 12.0 Å². The number of para-hydroxylation sites is 1. The van der Waals surface area contributed by atoms with E-state index in [-0.39, 0.29) is 18.6 Å². The van der Waals surface area contributed by atoms with Crippen molar-refractivity contribution >= 4 is 12.0 Å². The maximum atomic E-state index is 12.4. The number of benzene rings is 1. The number of amides is 2. The minimum atomic E-state index is -0.851. The van der Waals surface area contributed by atoms with Crippen molar-refractivity contribution in [3.05, 3.63) is 42.2 Å². The Bertz CT molecular complexity index is 746. The second-order valence-corrected chi connectivity index (χ2v) is 6.22. The zero-order valence-electron chi connectivity index (χ0n) is 14.0. The summed E-state index contributed by atoms with van der Waals surface area (Å²) in [6.45, 7) is 2.64. The minimum absolute atomic E-state index is 0.241. The predicted molar refractivity (Wildman–Crippen MR) is 90.2 cm³/mol. The van der Waals surface area contributed by atoms with E-state index in [0.717, 1.165) is 5.69 Å². The number of carbonyl (C=O) groups is 2. The summed E-state index contributed by atoms with van der Waals surface area (Å²) in [5.74, 6) is -1.34. The fourth-order valence-electron chi connectivity index (χ4n) is 2.90. The summed E-state index contributed by atoms with van der Waals surface area (Å²) in [5, 5.41) is 20.2. The van der Waals surface area contributed by atoms with Gasteiger partial charge in [0.25, 0.3) is 0 Å². The molecule has 8 nitrogen and oxygen atoms in total. The number of urea groups is 1. The van der Waals surface area contributed by atoms with Gasteiger partial charge in [0.1, 0.15) is 5.69 Å². The lowest BCUT2D eigenvalue weighted by Crippen LogP contribution is -2.47. The Morgan fingerprint density at radius 3 is 2.80 bits per heavy atom. The molecule has 132 valence electrons. The van der Waals surface area contributed by atoms with Crippen LogP contribution in [-0.4, -0.2) is 50.1 Å². The van der Waals surface area contributed by atoms with Gasteiger partial charge < -0.3 is 15.3 Å². The predicted octanol–water partition coefficient (Wildman–Crippen LogP) is 1.83. The van der Waals surface area contributed by atoms with E-state index in [1.165, 1.54) is 0 Å². The topological polar surface area (TPSA) is 100 Å². The molecule has 2 atom stereocenters. The maximum Gasteiger partial charge on any atom is 0.317 e. The molecule has 1 aromatic carbocycles. The third-order valence-electron chi connectivity index (χ3n) is 4.37. The quantitative estimate of drug-likeness (QED) is 0.882. The van der Waals surface area contributed by atoms with Gasteiger partial charge in [-0.2, -0.15) is 0 Å². The average Bonchev–Trinajstić information content (AvgIpc) is 3.13. The van der Waals surface area contributed by atoms with Gasteiger partial charge in [0.05, 0.1) is 23.8 Å². The van der Waals surface area contributed by atoms with Crippen LogP contribution in [-0.2, 0) is 4.79 Å². The summed E-state index contributed by atoms with van der Waals surface area (Å²) in [5.41, 5.74) is 1.53. The van der Waals surface area contributed by atoms with Gasteiger partial charge in [-0.3, -0.25) is 4.79 Å². The van der Waals surface area contributed by atoms with Crippen LogP contribution in [0.15, 0.2) is 36.5 Å². The molecule has 3 rings (SSSR count). The first-order chi connectivity index (χ1) is 12.0. The number of carboxylic acid groups (broad SMARTS) is 1. The Balaban J connectivity index is 1.62. The molecule has 1 saturated heterocycles. The van der Waals surface area contributed by atoms with Crippen molar-refractivity contribution in [2.45, 2.75) is 25.8 Å². The smallest absolute Gasteiger partial charge is 0.317 e. The molecule has 2 aromatic rings. The molecule has 1 aliphatic rings. The highest BCUT2D eigenvalue weighted by molar-refractivity contribution is 5.76. The normalized spacial score (nSPS) is 18.6. The van der Waals surface area contributed by atoms with Crippen LogP contribution < -0.4 is 5.32 Å². The van der Waals surface area contributed by atoms with Gasteiger partial charge in [-0.05, 0) is 31.9 Å². The number of hydrogen-bond donors (Lipinski definition) is 2. The van der Waals surface area contributed by atoms with E-state index in [1.54, 1.807) is 15.8 Å². The van der Waals surface area contributed by atoms with E-state index in [0.29, 0.717) is 25.1 Å². The summed E-state index contributed by atoms with van der Waals surface area (Å²) < 4.78 is 1.65. The number of carbonyl (C=O) groups excluding carboxylic acids is 1. The number of likely N-dealkylation sites (tertiary alicyclic amines) is 1. The molecule has 0 radical (unpaired) electrons. The monoisotopic (exact) mass is 343 g/mol. The van der Waals surface area contributed by atoms with E-state index in [1.807, 2.05) is 37.3 Å². The van der Waals surface area contributed by atoms with E-state index < -0.39 is 11.9 Å². The van der Waals surface area contributed by atoms with Crippen LogP contribution in [0.5, 0.6) is 0 Å². The Labute approximate surface area is 145 Å². The molecule has 0 aliphatic carbocycles. The first-order valence-corrected chi connectivity index (χ1v) is 8.30. The summed E-state index contributed by atoms with van der Waals surface area (Å²) in [7, 11) is 0. The van der Waals surface area contributed by atoms with Gasteiger partial charge in [-0.15, -0.1) is 5.10 Å². The molecule has 25 heavy (non-hydrogen) atoms. The van der Waals surface area contributed by atoms with Crippen molar-refractivity contribution in [1.82, 2.24) is 25.2 Å². The molecule has 1 aliphatic heterocycles. The SMILES string of the molecule is CC(NC(=O)N1CCCC(C(=O)O)C1)c1cn(-c2ccccc2)nn1. The van der Waals surface area contributed by atoms with Crippen LogP contribution in [0.25, 0.3) is 5.69 Å². The molecule has 2 unspecified atom stereocenters. The maximum absolute atomic E-state index is 12.4. The van der Waals surface area contributed by atoms with E-state index in [9.17, 15) is 9.59 Å². The highest BCUT2D eigenvalue weighted by atomic mass is 16.4. The second-order valence-electron chi connectivity index (χ2n) is 6.22. The lowest BCUT2D eigenvalue weighted by atomic mass is 9.99. The number of aromatic nitrogens is 3. The van der Waals surface area contributed by atoms with Gasteiger partial charge in [0.15, 0.2) is 0 Å². The number of nitrogens with zero attached hydrogens (tertiary/aromatic N) is 4. The Kier molecular flexibility index (Phi) is 4.97. The first-order valence-electron chi connectivity index (χ1n) is 8.30. The second kappa shape index (κ2) is 7.33. The molecule has 1 fully saturated rings. The van der Waals surface area contributed by atoms with Crippen LogP contribution in [0.2, 0.25) is 0 Å². The number of aliphatic carboxylic acids is 1. The average molecular weight is 343 g/mol. The molecular formula is C17H21N5O3. The molecule has 8 heteroatoms. The molecule has 0 spiro atoms. The van der Waals surface area contributed by atoms with Gasteiger partial charge in [0, 0.05) is 13.1 Å². The van der Waals surface area contributed by atoms with Crippen LogP contribution in [0.3, 0.4) is 0 Å². The number of piperidine rings is 1. The zero-order chi connectivity index (χ0) is 17.8. The number of nitrogens with one attached hydrogen (secondary N) is 1. The highest BCUT2D eigenvalue weighted by Gasteiger charge is 2.29. The van der Waals surface area contributed by atoms with E-state index in [2.05, 4.69) is 15.6 Å². The lowest BCUT2D eigenvalue weighted by molar-refractivity contribution is -0.143. The van der Waals surface area contributed by atoms with Crippen molar-refractivity contribution < 1.29 is 14.7 Å². The van der Waals surface area contributed by atoms with Crippen LogP contribution in [0, 0.1) is 5.92 Å². The zero-order valence-corrected chi connectivity index (χ0v) is 14.0. The Morgan fingerprint density at radius 2 is 2.08 bits per heavy atom. The fraction of sp³-hybridized carbons (Fsp3) is 0.412. The molecule has 0 saturated carbocycles. The standard InChI is InChI=1S/C17H21N5O3/c1-12(15-11-22(20-19-15)14-7-3-2-4-8-14)18-17(25)21-9-5-6-13(10-21)16(23)24/h2-4,7-8,11-13H,5-6,9-10H2,1H3,(H,18,25)(H,23,24). The fourth-order valence-corrected chi connectivity index (χ4v) is 2.90. The highest BCUT2D eigenvalue weighted by Crippen LogP contribution is 2.18. The third-order valence-corrected chi connectivity index (χ3v) is 4.37. The molecule has 2 N–H and O–H groups in total. The number of rotatable bonds is 4. The van der Waals surface area contributed by atoms with Crippen molar-refractivity contribution in [2.75, 3.05) is 13.1 Å². The van der Waals surface area contributed by atoms with E-state index in [4.69, 9.17) is 5.11 Å². The van der Waals surface area contributed by atoms with E-state index >= 15 is 0 Å². The summed E-state index contributed by atoms with van der Waals surface area (Å²) in [4.78, 5) is 25.1. The molecule has 0 bridgehead atoms. The summed E-state index contributed by atoms with van der Waals surface area (Å²) in [6.07, 6.45) is 3.08. The van der Waals surface area contributed by atoms with Crippen molar-refractivity contribution in [1.29, 1.82) is 0 Å². The molecule has 2 amide bonds. The Hall–Kier alpha value is -2.90. The van der Waals surface area contributed by atoms with Gasteiger partial charge in [-0.25, -0.2) is 9.48 Å². The first kappa shape index (κ1) is 16.9. The molecular weight excluding hydrogens is 322 g/mol. The number of hydrogen-bond acceptors (Lipinski definition) is 4. The third kappa shape index (κ3) is 3.96. The van der Waals surface area contributed by atoms with Gasteiger partial charge in [0.2, 0.25) is 0 Å². The summed E-state index contributed by atoms with van der Waals surface area (Å²) >= 11 is 0. The molecule has 1 aromatic heterocycles. The van der Waals surface area contributed by atoms with Crippen LogP contribution in [0.1, 0.15) is 31.5 Å². The van der Waals surface area contributed by atoms with Crippen LogP contribution in [0.4, 0.5) is 4.79 Å². The summed E-state index contributed by atoms with van der Waals surface area (Å²) in [6, 6.07) is 8.99. The lowest BCUT2D eigenvalue weighted by Gasteiger charge is -2.31. The van der Waals surface area contributed by atoms with Gasteiger partial charge in [-0.1, -0.05) is 23.4 Å². The van der Waals surface area contributed by atoms with Crippen molar-refractivity contribution in [2.24, 2.45) is 5.92 Å². The Morgan fingerprint density at radius 1 is 1.32 bits per heavy atom.